The van der Waals surface area contributed by atoms with Crippen molar-refractivity contribution < 1.29 is 9.21 Å². The fourth-order valence-corrected chi connectivity index (χ4v) is 3.18. The van der Waals surface area contributed by atoms with Gasteiger partial charge in [-0.3, -0.25) is 4.79 Å². The zero-order valence-corrected chi connectivity index (χ0v) is 14.2. The summed E-state index contributed by atoms with van der Waals surface area (Å²) >= 11 is 0. The molecule has 0 aromatic carbocycles. The van der Waals surface area contributed by atoms with E-state index in [0.29, 0.717) is 18.4 Å². The van der Waals surface area contributed by atoms with Crippen molar-refractivity contribution in [3.63, 3.8) is 0 Å². The van der Waals surface area contributed by atoms with E-state index >= 15 is 0 Å². The molecule has 1 aromatic rings. The van der Waals surface area contributed by atoms with Crippen molar-refractivity contribution in [3.05, 3.63) is 17.3 Å². The van der Waals surface area contributed by atoms with Crippen LogP contribution in [-0.4, -0.2) is 35.4 Å². The number of aromatic nitrogens is 1. The molecule has 0 spiro atoms. The minimum Gasteiger partial charge on any atom is -0.445 e. The Hall–Kier alpha value is -1.07. The molecule has 22 heavy (non-hydrogen) atoms. The molecule has 2 aliphatic heterocycles. The first-order valence-corrected chi connectivity index (χ1v) is 8.13. The highest BCUT2D eigenvalue weighted by atomic mass is 35.5. The van der Waals surface area contributed by atoms with E-state index in [4.69, 9.17) is 4.42 Å². The molecule has 5 nitrogen and oxygen atoms in total. The maximum Gasteiger partial charge on any atom is 0.226 e. The summed E-state index contributed by atoms with van der Waals surface area (Å²) in [6.45, 7) is 7.54. The van der Waals surface area contributed by atoms with Gasteiger partial charge in [-0.1, -0.05) is 13.8 Å². The molecular weight excluding hydrogens is 302 g/mol. The van der Waals surface area contributed by atoms with Gasteiger partial charge in [-0.2, -0.15) is 0 Å². The Kier molecular flexibility index (Phi) is 5.87. The van der Waals surface area contributed by atoms with Crippen LogP contribution in [0.3, 0.4) is 0 Å². The number of rotatable bonds is 2. The largest absolute Gasteiger partial charge is 0.445 e. The standard InChI is InChI=1S/C16H25N3O2.ClH/c1-11(2)15-18-13-10-19(9-6-14(13)21-15)16(20)12-4-3-7-17-8-5-12;/h11-12,17H,3-10H2,1-2H3;1H. The normalized spacial score (nSPS) is 22.0. The highest BCUT2D eigenvalue weighted by molar-refractivity contribution is 5.85. The summed E-state index contributed by atoms with van der Waals surface area (Å²) in [6.07, 6.45) is 3.85. The quantitative estimate of drug-likeness (QED) is 0.906. The van der Waals surface area contributed by atoms with Crippen molar-refractivity contribution in [1.29, 1.82) is 0 Å². The van der Waals surface area contributed by atoms with Crippen molar-refractivity contribution >= 4 is 18.3 Å². The van der Waals surface area contributed by atoms with E-state index in [1.165, 1.54) is 0 Å². The predicted octanol–water partition coefficient (Wildman–Crippen LogP) is 2.49. The molecule has 1 amide bonds. The van der Waals surface area contributed by atoms with Crippen molar-refractivity contribution in [1.82, 2.24) is 15.2 Å². The number of halogens is 1. The summed E-state index contributed by atoms with van der Waals surface area (Å²) in [5.41, 5.74) is 0.963. The first-order valence-electron chi connectivity index (χ1n) is 8.13. The Labute approximate surface area is 138 Å². The number of nitrogens with one attached hydrogen (secondary N) is 1. The summed E-state index contributed by atoms with van der Waals surface area (Å²) in [7, 11) is 0. The van der Waals surface area contributed by atoms with Crippen LogP contribution in [0.4, 0.5) is 0 Å². The molecule has 1 aromatic heterocycles. The summed E-state index contributed by atoms with van der Waals surface area (Å²) in [4.78, 5) is 19.2. The predicted molar refractivity (Wildman–Crippen MR) is 87.2 cm³/mol. The molecule has 3 heterocycles. The maximum atomic E-state index is 12.7. The average Bonchev–Trinajstić information content (AvgIpc) is 2.72. The van der Waals surface area contributed by atoms with Gasteiger partial charge in [0.15, 0.2) is 5.89 Å². The molecule has 2 aliphatic rings. The van der Waals surface area contributed by atoms with Crippen LogP contribution in [-0.2, 0) is 17.8 Å². The van der Waals surface area contributed by atoms with E-state index in [9.17, 15) is 4.79 Å². The molecule has 0 radical (unpaired) electrons. The van der Waals surface area contributed by atoms with Gasteiger partial charge in [-0.25, -0.2) is 4.98 Å². The van der Waals surface area contributed by atoms with Crippen LogP contribution in [0.1, 0.15) is 56.4 Å². The van der Waals surface area contributed by atoms with E-state index in [1.807, 2.05) is 4.90 Å². The van der Waals surface area contributed by atoms with Gasteiger partial charge < -0.3 is 14.6 Å². The molecular formula is C16H26ClN3O2. The number of carbonyl (C=O) groups is 1. The van der Waals surface area contributed by atoms with Crippen molar-refractivity contribution in [2.45, 2.75) is 52.0 Å². The Balaban J connectivity index is 0.00000176. The summed E-state index contributed by atoms with van der Waals surface area (Å²) < 4.78 is 5.80. The van der Waals surface area contributed by atoms with Gasteiger partial charge in [-0.05, 0) is 32.4 Å². The van der Waals surface area contributed by atoms with Gasteiger partial charge in [0.1, 0.15) is 11.5 Å². The minimum atomic E-state index is 0. The number of nitrogens with zero attached hydrogens (tertiary/aromatic N) is 2. The van der Waals surface area contributed by atoms with E-state index in [0.717, 1.165) is 62.7 Å². The lowest BCUT2D eigenvalue weighted by molar-refractivity contribution is -0.137. The van der Waals surface area contributed by atoms with Crippen molar-refractivity contribution in [2.75, 3.05) is 19.6 Å². The smallest absolute Gasteiger partial charge is 0.226 e. The zero-order valence-electron chi connectivity index (χ0n) is 13.4. The number of amides is 1. The lowest BCUT2D eigenvalue weighted by Crippen LogP contribution is -2.40. The summed E-state index contributed by atoms with van der Waals surface area (Å²) in [5.74, 6) is 2.56. The fourth-order valence-electron chi connectivity index (χ4n) is 3.18. The first-order chi connectivity index (χ1) is 10.1. The third kappa shape index (κ3) is 3.63. The monoisotopic (exact) mass is 327 g/mol. The highest BCUT2D eigenvalue weighted by Gasteiger charge is 2.30. The molecule has 1 fully saturated rings. The van der Waals surface area contributed by atoms with Crippen LogP contribution in [0.15, 0.2) is 4.42 Å². The maximum absolute atomic E-state index is 12.7. The van der Waals surface area contributed by atoms with Crippen LogP contribution < -0.4 is 5.32 Å². The molecule has 1 N–H and O–H groups in total. The van der Waals surface area contributed by atoms with Crippen molar-refractivity contribution in [3.8, 4) is 0 Å². The van der Waals surface area contributed by atoms with Crippen LogP contribution in [0.5, 0.6) is 0 Å². The van der Waals surface area contributed by atoms with E-state index in [2.05, 4.69) is 24.1 Å². The van der Waals surface area contributed by atoms with Gasteiger partial charge in [-0.15, -0.1) is 12.4 Å². The number of hydrogen-bond donors (Lipinski definition) is 1. The Morgan fingerprint density at radius 3 is 2.95 bits per heavy atom. The number of fused-ring (bicyclic) bond motifs is 1. The lowest BCUT2D eigenvalue weighted by atomic mass is 9.98. The van der Waals surface area contributed by atoms with Gasteiger partial charge >= 0.3 is 0 Å². The topological polar surface area (TPSA) is 58.4 Å². The van der Waals surface area contributed by atoms with Crippen LogP contribution >= 0.6 is 12.4 Å². The number of oxazole rings is 1. The molecule has 0 bridgehead atoms. The molecule has 6 heteroatoms. The molecule has 1 unspecified atom stereocenters. The third-order valence-corrected chi connectivity index (χ3v) is 4.47. The highest BCUT2D eigenvalue weighted by Crippen LogP contribution is 2.26. The van der Waals surface area contributed by atoms with E-state index < -0.39 is 0 Å². The van der Waals surface area contributed by atoms with Gasteiger partial charge in [0, 0.05) is 24.8 Å². The molecule has 124 valence electrons. The average molecular weight is 328 g/mol. The third-order valence-electron chi connectivity index (χ3n) is 4.47. The molecule has 0 saturated carbocycles. The van der Waals surface area contributed by atoms with Gasteiger partial charge in [0.25, 0.3) is 0 Å². The zero-order chi connectivity index (χ0) is 14.8. The molecule has 0 aliphatic carbocycles. The second-order valence-electron chi connectivity index (χ2n) is 6.46. The second kappa shape index (κ2) is 7.47. The molecule has 1 atom stereocenters. The SMILES string of the molecule is CC(C)c1nc2c(o1)CCN(C(=O)C1CCCNCC1)C2.Cl. The second-order valence-corrected chi connectivity index (χ2v) is 6.46. The van der Waals surface area contributed by atoms with Gasteiger partial charge in [0.2, 0.25) is 5.91 Å². The fraction of sp³-hybridized carbons (Fsp3) is 0.750. The minimum absolute atomic E-state index is 0. The Bertz CT molecular complexity index is 507. The van der Waals surface area contributed by atoms with Crippen LogP contribution in [0.25, 0.3) is 0 Å². The number of hydrogen-bond acceptors (Lipinski definition) is 4. The molecule has 1 saturated heterocycles. The lowest BCUT2D eigenvalue weighted by Gasteiger charge is -2.28. The summed E-state index contributed by atoms with van der Waals surface area (Å²) in [5, 5.41) is 3.37. The van der Waals surface area contributed by atoms with Crippen LogP contribution in [0.2, 0.25) is 0 Å². The summed E-state index contributed by atoms with van der Waals surface area (Å²) in [6, 6.07) is 0. The van der Waals surface area contributed by atoms with E-state index in [1.54, 1.807) is 0 Å². The Morgan fingerprint density at radius 2 is 2.18 bits per heavy atom. The first kappa shape index (κ1) is 17.3. The van der Waals surface area contributed by atoms with Gasteiger partial charge in [0.05, 0.1) is 6.54 Å². The van der Waals surface area contributed by atoms with E-state index in [-0.39, 0.29) is 18.3 Å². The number of carbonyl (C=O) groups excluding carboxylic acids is 1. The Morgan fingerprint density at radius 1 is 1.36 bits per heavy atom. The van der Waals surface area contributed by atoms with Crippen molar-refractivity contribution in [2.24, 2.45) is 5.92 Å². The molecule has 3 rings (SSSR count). The van der Waals surface area contributed by atoms with Crippen LogP contribution in [0, 0.1) is 5.92 Å².